The van der Waals surface area contributed by atoms with Gasteiger partial charge in [0.25, 0.3) is 0 Å². The summed E-state index contributed by atoms with van der Waals surface area (Å²) in [6, 6.07) is 6.10. The molecular weight excluding hydrogens is 276 g/mol. The normalized spacial score (nSPS) is 23.6. The fraction of sp³-hybridized carbons (Fsp3) is 0.647. The number of piperidine rings is 1. The number of aromatic nitrogens is 1. The third-order valence-corrected chi connectivity index (χ3v) is 4.87. The van der Waals surface area contributed by atoms with Crippen molar-refractivity contribution in [2.45, 2.75) is 32.2 Å². The van der Waals surface area contributed by atoms with Crippen molar-refractivity contribution in [2.24, 2.45) is 0 Å². The van der Waals surface area contributed by atoms with E-state index >= 15 is 0 Å². The second kappa shape index (κ2) is 7.09. The topological polar surface area (TPSA) is 39.7 Å². The average molecular weight is 302 g/mol. The lowest BCUT2D eigenvalue weighted by Gasteiger charge is -2.40. The Labute approximate surface area is 132 Å². The summed E-state index contributed by atoms with van der Waals surface area (Å²) in [5, 5.41) is 0. The van der Waals surface area contributed by atoms with Gasteiger partial charge in [0, 0.05) is 32.4 Å². The van der Waals surface area contributed by atoms with Gasteiger partial charge in [-0.2, -0.15) is 0 Å². The predicted molar refractivity (Wildman–Crippen MR) is 87.9 cm³/mol. The van der Waals surface area contributed by atoms with E-state index in [1.165, 1.54) is 12.8 Å². The largest absolute Gasteiger partial charge is 0.353 e. The minimum Gasteiger partial charge on any atom is -0.353 e. The molecule has 120 valence electrons. The van der Waals surface area contributed by atoms with Crippen LogP contribution in [0.1, 0.15) is 26.2 Å². The van der Waals surface area contributed by atoms with Gasteiger partial charge in [0.2, 0.25) is 5.91 Å². The monoisotopic (exact) mass is 302 g/mol. The van der Waals surface area contributed by atoms with Gasteiger partial charge in [0.15, 0.2) is 0 Å². The maximum Gasteiger partial charge on any atom is 0.240 e. The first-order chi connectivity index (χ1) is 10.8. The van der Waals surface area contributed by atoms with E-state index in [0.717, 1.165) is 51.5 Å². The number of pyridine rings is 1. The first-order valence-electron chi connectivity index (χ1n) is 8.48. The summed E-state index contributed by atoms with van der Waals surface area (Å²) in [5.74, 6) is 1.35. The van der Waals surface area contributed by atoms with Crippen molar-refractivity contribution < 1.29 is 4.79 Å². The molecule has 2 fully saturated rings. The van der Waals surface area contributed by atoms with Crippen molar-refractivity contribution in [2.75, 3.05) is 44.2 Å². The number of nitrogens with zero attached hydrogens (tertiary/aromatic N) is 4. The van der Waals surface area contributed by atoms with Gasteiger partial charge in [-0.15, -0.1) is 0 Å². The molecule has 1 atom stereocenters. The lowest BCUT2D eigenvalue weighted by Crippen LogP contribution is -2.56. The number of hydrogen-bond donors (Lipinski definition) is 0. The van der Waals surface area contributed by atoms with E-state index in [0.29, 0.717) is 5.91 Å². The zero-order chi connectivity index (χ0) is 15.4. The average Bonchev–Trinajstić information content (AvgIpc) is 2.62. The maximum atomic E-state index is 12.8. The fourth-order valence-corrected chi connectivity index (χ4v) is 3.56. The molecule has 0 aliphatic carbocycles. The zero-order valence-corrected chi connectivity index (χ0v) is 13.4. The molecule has 2 aliphatic rings. The van der Waals surface area contributed by atoms with Gasteiger partial charge < -0.3 is 9.80 Å². The smallest absolute Gasteiger partial charge is 0.240 e. The third-order valence-electron chi connectivity index (χ3n) is 4.87. The predicted octanol–water partition coefficient (Wildman–Crippen LogP) is 1.60. The molecule has 2 saturated heterocycles. The lowest BCUT2D eigenvalue weighted by molar-refractivity contribution is -0.138. The van der Waals surface area contributed by atoms with Crippen LogP contribution in [-0.4, -0.2) is 66.0 Å². The second-order valence-corrected chi connectivity index (χ2v) is 6.14. The quantitative estimate of drug-likeness (QED) is 0.850. The van der Waals surface area contributed by atoms with E-state index in [1.807, 2.05) is 24.4 Å². The Morgan fingerprint density at radius 3 is 2.68 bits per heavy atom. The van der Waals surface area contributed by atoms with Crippen LogP contribution in [0.25, 0.3) is 0 Å². The molecule has 0 spiro atoms. The molecule has 0 unspecified atom stereocenters. The Hall–Kier alpha value is -1.62. The Bertz CT molecular complexity index is 485. The molecule has 3 rings (SSSR count). The molecule has 22 heavy (non-hydrogen) atoms. The number of rotatable bonds is 3. The van der Waals surface area contributed by atoms with Crippen LogP contribution in [0, 0.1) is 0 Å². The van der Waals surface area contributed by atoms with Crippen molar-refractivity contribution in [1.82, 2.24) is 14.8 Å². The van der Waals surface area contributed by atoms with Crippen LogP contribution in [0.15, 0.2) is 24.4 Å². The van der Waals surface area contributed by atoms with Gasteiger partial charge in [0.05, 0.1) is 6.04 Å². The summed E-state index contributed by atoms with van der Waals surface area (Å²) in [6.45, 7) is 7.58. The van der Waals surface area contributed by atoms with Crippen molar-refractivity contribution in [3.05, 3.63) is 24.4 Å². The summed E-state index contributed by atoms with van der Waals surface area (Å²) in [6.07, 6.45) is 5.26. The van der Waals surface area contributed by atoms with Crippen LogP contribution in [0.4, 0.5) is 5.82 Å². The molecule has 1 aromatic heterocycles. The highest BCUT2D eigenvalue weighted by molar-refractivity contribution is 5.82. The summed E-state index contributed by atoms with van der Waals surface area (Å²) < 4.78 is 0. The van der Waals surface area contributed by atoms with E-state index in [1.54, 1.807) is 0 Å². The molecule has 2 aliphatic heterocycles. The molecule has 0 N–H and O–H groups in total. The number of carbonyl (C=O) groups excluding carboxylic acids is 1. The highest BCUT2D eigenvalue weighted by Gasteiger charge is 2.32. The molecule has 5 nitrogen and oxygen atoms in total. The van der Waals surface area contributed by atoms with Gasteiger partial charge in [-0.3, -0.25) is 9.69 Å². The summed E-state index contributed by atoms with van der Waals surface area (Å²) in [5.41, 5.74) is 0. The summed E-state index contributed by atoms with van der Waals surface area (Å²) in [4.78, 5) is 23.9. The number of likely N-dealkylation sites (tertiary alicyclic amines) is 1. The number of anilines is 1. The molecule has 0 aromatic carbocycles. The first-order valence-corrected chi connectivity index (χ1v) is 8.48. The van der Waals surface area contributed by atoms with Crippen molar-refractivity contribution in [3.63, 3.8) is 0 Å². The SMILES string of the molecule is CCN1CCCC[C@H]1C(=O)N1CCN(c2ccccn2)CC1. The highest BCUT2D eigenvalue weighted by atomic mass is 16.2. The van der Waals surface area contributed by atoms with Crippen LogP contribution < -0.4 is 4.90 Å². The van der Waals surface area contributed by atoms with Crippen LogP contribution in [0.3, 0.4) is 0 Å². The second-order valence-electron chi connectivity index (χ2n) is 6.14. The number of amides is 1. The molecule has 1 aromatic rings. The van der Waals surface area contributed by atoms with Gasteiger partial charge in [-0.05, 0) is 38.1 Å². The Morgan fingerprint density at radius 2 is 2.00 bits per heavy atom. The van der Waals surface area contributed by atoms with Crippen LogP contribution in [-0.2, 0) is 4.79 Å². The summed E-state index contributed by atoms with van der Waals surface area (Å²) in [7, 11) is 0. The van der Waals surface area contributed by atoms with Crippen molar-refractivity contribution in [3.8, 4) is 0 Å². The number of hydrogen-bond acceptors (Lipinski definition) is 4. The zero-order valence-electron chi connectivity index (χ0n) is 13.4. The molecule has 0 radical (unpaired) electrons. The van der Waals surface area contributed by atoms with Gasteiger partial charge in [-0.1, -0.05) is 19.4 Å². The van der Waals surface area contributed by atoms with E-state index in [2.05, 4.69) is 26.6 Å². The Balaban J connectivity index is 1.57. The minimum atomic E-state index is 0.111. The van der Waals surface area contributed by atoms with Crippen LogP contribution in [0.5, 0.6) is 0 Å². The highest BCUT2D eigenvalue weighted by Crippen LogP contribution is 2.20. The molecule has 3 heterocycles. The van der Waals surface area contributed by atoms with E-state index < -0.39 is 0 Å². The molecule has 5 heteroatoms. The van der Waals surface area contributed by atoms with Gasteiger partial charge >= 0.3 is 0 Å². The minimum absolute atomic E-state index is 0.111. The van der Waals surface area contributed by atoms with Crippen molar-refractivity contribution >= 4 is 11.7 Å². The Kier molecular flexibility index (Phi) is 4.93. The lowest BCUT2D eigenvalue weighted by atomic mass is 10.0. The maximum absolute atomic E-state index is 12.8. The molecular formula is C17H26N4O. The van der Waals surface area contributed by atoms with E-state index in [9.17, 15) is 4.79 Å². The third kappa shape index (κ3) is 3.24. The number of piperazine rings is 1. The summed E-state index contributed by atoms with van der Waals surface area (Å²) >= 11 is 0. The van der Waals surface area contributed by atoms with Gasteiger partial charge in [-0.25, -0.2) is 4.98 Å². The van der Waals surface area contributed by atoms with Gasteiger partial charge in [0.1, 0.15) is 5.82 Å². The number of likely N-dealkylation sites (N-methyl/N-ethyl adjacent to an activating group) is 1. The van der Waals surface area contributed by atoms with E-state index in [-0.39, 0.29) is 6.04 Å². The van der Waals surface area contributed by atoms with Crippen LogP contribution in [0.2, 0.25) is 0 Å². The molecule has 1 amide bonds. The standard InChI is InChI=1S/C17H26N4O/c1-2-19-10-6-4-7-15(19)17(22)21-13-11-20(12-14-21)16-8-3-5-9-18-16/h3,5,8-9,15H,2,4,6-7,10-14H2,1H3/t15-/m0/s1. The molecule has 0 bridgehead atoms. The van der Waals surface area contributed by atoms with Crippen LogP contribution >= 0.6 is 0 Å². The molecule has 0 saturated carbocycles. The number of carbonyl (C=O) groups is 1. The fourth-order valence-electron chi connectivity index (χ4n) is 3.56. The van der Waals surface area contributed by atoms with Crippen molar-refractivity contribution in [1.29, 1.82) is 0 Å². The first kappa shape index (κ1) is 15.3. The Morgan fingerprint density at radius 1 is 1.18 bits per heavy atom. The van der Waals surface area contributed by atoms with E-state index in [4.69, 9.17) is 0 Å².